The summed E-state index contributed by atoms with van der Waals surface area (Å²) < 4.78 is 5.18. The number of rotatable bonds is 13. The maximum atomic E-state index is 12.3. The third-order valence-corrected chi connectivity index (χ3v) is 28.3. The van der Waals surface area contributed by atoms with Gasteiger partial charge in [-0.05, 0) is 0 Å². The van der Waals surface area contributed by atoms with Crippen molar-refractivity contribution in [3.8, 4) is 0 Å². The topological polar surface area (TPSA) is 29.1 Å². The Bertz CT molecular complexity index is 442. The van der Waals surface area contributed by atoms with Gasteiger partial charge in [-0.25, -0.2) is 0 Å². The zero-order valence-corrected chi connectivity index (χ0v) is 23.4. The number of amides is 1. The van der Waals surface area contributed by atoms with Gasteiger partial charge in [-0.3, -0.25) is 0 Å². The summed E-state index contributed by atoms with van der Waals surface area (Å²) >= 11 is -2.00. The average molecular weight is 586 g/mol. The van der Waals surface area contributed by atoms with Crippen molar-refractivity contribution in [2.45, 2.75) is 97.6 Å². The van der Waals surface area contributed by atoms with E-state index in [1.165, 1.54) is 56.9 Å². The summed E-state index contributed by atoms with van der Waals surface area (Å²) in [5.74, 6) is -0.356. The summed E-state index contributed by atoms with van der Waals surface area (Å²) in [7, 11) is 0. The van der Waals surface area contributed by atoms with E-state index in [9.17, 15) is 4.79 Å². The molecule has 26 heavy (non-hydrogen) atoms. The zero-order valence-electron chi connectivity index (χ0n) is 17.2. The molecule has 2 nitrogen and oxygen atoms in total. The first kappa shape index (κ1) is 28.8. The van der Waals surface area contributed by atoms with Gasteiger partial charge in [0.25, 0.3) is 0 Å². The maximum Gasteiger partial charge on any atom is -1.00 e. The van der Waals surface area contributed by atoms with Crippen molar-refractivity contribution in [3.05, 3.63) is 21.1 Å². The normalized spacial score (nSPS) is 12.8. The van der Waals surface area contributed by atoms with Gasteiger partial charge in [0.1, 0.15) is 0 Å². The minimum atomic E-state index is -2.00. The van der Waals surface area contributed by atoms with Crippen molar-refractivity contribution in [3.63, 3.8) is 0 Å². The molecule has 1 rings (SSSR count). The molecule has 0 saturated carbocycles. The summed E-state index contributed by atoms with van der Waals surface area (Å²) in [6, 6.07) is 0. The van der Waals surface area contributed by atoms with Gasteiger partial charge < -0.3 is 24.8 Å². The summed E-state index contributed by atoms with van der Waals surface area (Å²) in [6.45, 7) is 9.30. The fourth-order valence-corrected chi connectivity index (χ4v) is 23.0. The molecule has 0 aromatic heterocycles. The van der Waals surface area contributed by atoms with Crippen LogP contribution in [-0.2, 0) is 25.7 Å². The van der Waals surface area contributed by atoms with Crippen LogP contribution in [0.5, 0.6) is 0 Å². The number of unbranched alkanes of at least 4 members (excludes halogenated alkanes) is 8. The van der Waals surface area contributed by atoms with Crippen molar-refractivity contribution >= 4 is 11.9 Å². The van der Waals surface area contributed by atoms with Gasteiger partial charge in [-0.2, -0.15) is 0 Å². The van der Waals surface area contributed by atoms with Crippen LogP contribution >= 0.6 is 0 Å². The third kappa shape index (κ3) is 12.9. The van der Waals surface area contributed by atoms with Crippen molar-refractivity contribution in [1.29, 1.82) is 0 Å². The number of carbonyl (C=O) groups excluding carboxylic acids is 1. The summed E-state index contributed by atoms with van der Waals surface area (Å²) in [5.41, 5.74) is 1.40. The van der Waals surface area contributed by atoms with Crippen LogP contribution in [0, 0.1) is 0 Å². The molecule has 0 radical (unpaired) electrons. The van der Waals surface area contributed by atoms with Crippen LogP contribution in [0.3, 0.4) is 0 Å². The third-order valence-electron chi connectivity index (χ3n) is 4.75. The molecule has 1 aliphatic rings. The van der Waals surface area contributed by atoms with Crippen LogP contribution in [0.1, 0.15) is 84.5 Å². The van der Waals surface area contributed by atoms with Crippen molar-refractivity contribution in [2.24, 2.45) is 0 Å². The Morgan fingerprint density at radius 2 is 1.58 bits per heavy atom. The van der Waals surface area contributed by atoms with Crippen LogP contribution in [0.25, 0.3) is 0 Å². The number of hydrogen-bond donors (Lipinski definition) is 1. The molecule has 6 heteroatoms. The van der Waals surface area contributed by atoms with E-state index in [4.69, 9.17) is 0 Å². The van der Waals surface area contributed by atoms with Crippen LogP contribution in [0.2, 0.25) is 13.1 Å². The van der Waals surface area contributed by atoms with E-state index in [0.29, 0.717) is 5.91 Å². The van der Waals surface area contributed by atoms with Crippen LogP contribution < -0.4 is 28.1 Å². The minimum absolute atomic E-state index is 0. The molecule has 0 fully saturated rings. The minimum Gasteiger partial charge on any atom is -1.00 e. The van der Waals surface area contributed by atoms with E-state index in [0.717, 1.165) is 19.3 Å². The fourth-order valence-electron chi connectivity index (χ4n) is 3.26. The Hall–Kier alpha value is 0.617. The molecule has 0 saturated heterocycles. The molecular weight excluding hydrogens is 548 g/mol. The van der Waals surface area contributed by atoms with Crippen molar-refractivity contribution < 1.29 is 50.5 Å². The van der Waals surface area contributed by atoms with Gasteiger partial charge in [0.05, 0.1) is 0 Å². The summed E-state index contributed by atoms with van der Waals surface area (Å²) in [5, 5.41) is 0. The Balaban J connectivity index is 0. The molecule has 0 spiro atoms. The Morgan fingerprint density at radius 3 is 2.04 bits per heavy atom. The molecule has 0 aromatic rings. The predicted molar refractivity (Wildman–Crippen MR) is 105 cm³/mol. The van der Waals surface area contributed by atoms with E-state index in [1.807, 2.05) is 0 Å². The van der Waals surface area contributed by atoms with Gasteiger partial charge in [0.15, 0.2) is 0 Å². The number of hydrogen-bond acceptors (Lipinski definition) is 1. The second kappa shape index (κ2) is 17.7. The Morgan fingerprint density at radius 1 is 1.04 bits per heavy atom. The van der Waals surface area contributed by atoms with E-state index in [-0.39, 0.29) is 24.8 Å². The number of carbonyl (C=O) groups is 1. The van der Waals surface area contributed by atoms with Crippen LogP contribution in [0.15, 0.2) is 21.1 Å². The van der Waals surface area contributed by atoms with Gasteiger partial charge in [0, 0.05) is 0 Å². The monoisotopic (exact) mass is 586 g/mol. The molecule has 0 atom stereocenters. The second-order valence-electron chi connectivity index (χ2n) is 7.52. The van der Waals surface area contributed by atoms with Gasteiger partial charge >= 0.3 is 153 Å². The number of allylic oxidation sites excluding steroid dienone is 4. The molecule has 1 N–H and O–H groups in total. The zero-order chi connectivity index (χ0) is 17.8. The molecule has 0 aromatic carbocycles. The second-order valence-corrected chi connectivity index (χ2v) is 33.2. The standard InChI is InChI=1S/C12H25NO.C6H7.C2H7Si.2ClH.Hf/c1-2-3-4-5-6-7-8-9-10-11-12(13)14;1-6-4-2-3-5-6;1-3-2;;;/h2-11H2,1H3,(H2,13,14);4-5H,2H2,1H3;3H,1-2H3;2*1H;/q;;;;;+3/p-3. The smallest absolute Gasteiger partial charge is 1.00 e. The predicted octanol–water partition coefficient (Wildman–Crippen LogP) is -0.218. The first-order valence-electron chi connectivity index (χ1n) is 10.1. The van der Waals surface area contributed by atoms with Crippen LogP contribution in [0.4, 0.5) is 0 Å². The van der Waals surface area contributed by atoms with E-state index < -0.39 is 26.9 Å². The largest absolute Gasteiger partial charge is 1.00 e. The molecular formula is C20H38Cl2HfNOSi. The fraction of sp³-hybridized carbons (Fsp3) is 0.750. The van der Waals surface area contributed by atoms with Crippen molar-refractivity contribution in [2.75, 3.05) is 0 Å². The number of nitrogens with one attached hydrogen (secondary N) is 1. The quantitative estimate of drug-likeness (QED) is 0.235. The first-order chi connectivity index (χ1) is 11.5. The van der Waals surface area contributed by atoms with Gasteiger partial charge in [-0.15, -0.1) is 0 Å². The average Bonchev–Trinajstić information content (AvgIpc) is 2.97. The number of halogens is 2. The maximum absolute atomic E-state index is 12.3. The van der Waals surface area contributed by atoms with Crippen molar-refractivity contribution in [1.82, 2.24) is 3.30 Å². The molecule has 0 unspecified atom stereocenters. The Labute approximate surface area is 183 Å². The van der Waals surface area contributed by atoms with E-state index in [2.05, 4.69) is 42.4 Å². The first-order valence-corrected chi connectivity index (χ1v) is 22.8. The molecule has 1 aliphatic carbocycles. The SMILES string of the molecule is CCCCCCCCCCCC(=O)[NH][Hf+2]([C]1=CC(C)=CC1)[SiH](C)C.[Cl-].[Cl-]. The molecule has 151 valence electrons. The molecule has 1 amide bonds. The molecule has 0 heterocycles. The molecule has 0 aliphatic heterocycles. The van der Waals surface area contributed by atoms with Crippen LogP contribution in [-0.4, -0.2) is 11.9 Å². The van der Waals surface area contributed by atoms with Gasteiger partial charge in [0.2, 0.25) is 0 Å². The molecule has 0 bridgehead atoms. The van der Waals surface area contributed by atoms with E-state index >= 15 is 0 Å². The van der Waals surface area contributed by atoms with E-state index in [1.54, 1.807) is 3.33 Å². The summed E-state index contributed by atoms with van der Waals surface area (Å²) in [4.78, 5) is 12.3. The Kier molecular flexibility index (Phi) is 19.6. The summed E-state index contributed by atoms with van der Waals surface area (Å²) in [6.07, 6.45) is 18.4. The van der Waals surface area contributed by atoms with Gasteiger partial charge in [-0.1, -0.05) is 6.92 Å².